The zero-order chi connectivity index (χ0) is 31.6. The zero-order valence-corrected chi connectivity index (χ0v) is 26.7. The normalized spacial score (nSPS) is 15.3. The van der Waals surface area contributed by atoms with E-state index in [-0.39, 0.29) is 23.9 Å². The van der Waals surface area contributed by atoms with Gasteiger partial charge in [0.1, 0.15) is 23.9 Å². The van der Waals surface area contributed by atoms with Crippen LogP contribution in [0.2, 0.25) is 5.02 Å². The first-order valence-electron chi connectivity index (χ1n) is 13.7. The Morgan fingerprint density at radius 1 is 1.10 bits per heavy atom. The van der Waals surface area contributed by atoms with Crippen molar-refractivity contribution < 1.29 is 23.9 Å². The number of fused-ring (bicyclic) bond motifs is 1. The predicted octanol–water partition coefficient (Wildman–Crippen LogP) is 5.50. The Morgan fingerprint density at radius 3 is 2.17 bits per heavy atom. The van der Waals surface area contributed by atoms with Gasteiger partial charge in [-0.15, -0.1) is 0 Å². The van der Waals surface area contributed by atoms with E-state index in [1.165, 1.54) is 4.90 Å². The number of H-pyrrole nitrogens is 1. The van der Waals surface area contributed by atoms with Crippen LogP contribution in [-0.2, 0) is 14.3 Å². The number of hydrogen-bond donors (Lipinski definition) is 3. The molecule has 40 heavy (non-hydrogen) atoms. The van der Waals surface area contributed by atoms with E-state index in [4.69, 9.17) is 26.8 Å². The van der Waals surface area contributed by atoms with Crippen molar-refractivity contribution in [2.24, 2.45) is 11.7 Å². The van der Waals surface area contributed by atoms with E-state index in [2.05, 4.69) is 10.3 Å². The number of hydrogen-bond acceptors (Lipinski definition) is 6. The Kier molecular flexibility index (Phi) is 19.2. The molecule has 0 radical (unpaired) electrons. The number of benzene rings is 1. The van der Waals surface area contributed by atoms with Crippen molar-refractivity contribution in [3.63, 3.8) is 0 Å². The van der Waals surface area contributed by atoms with E-state index in [0.29, 0.717) is 22.7 Å². The number of pyridine rings is 1. The number of nitrogens with zero attached hydrogens (tertiary/aromatic N) is 1. The van der Waals surface area contributed by atoms with Gasteiger partial charge in [-0.1, -0.05) is 60.1 Å². The van der Waals surface area contributed by atoms with Gasteiger partial charge in [0.25, 0.3) is 5.56 Å². The Hall–Kier alpha value is -3.27. The number of primary amides is 1. The van der Waals surface area contributed by atoms with Crippen LogP contribution >= 0.6 is 11.6 Å². The highest BCUT2D eigenvalue weighted by atomic mass is 35.5. The summed E-state index contributed by atoms with van der Waals surface area (Å²) in [7, 11) is 1.56. The molecule has 1 fully saturated rings. The SMILES string of the molecule is CC.CC.CC.CC1CCN(C(=O)CNC(=O)OC(C)(C)C)C1C(N)=O.COc1c[nH]c(=O)c2cc(Cl)ccc12. The van der Waals surface area contributed by atoms with Gasteiger partial charge in [-0.05, 0) is 51.3 Å². The summed E-state index contributed by atoms with van der Waals surface area (Å²) in [5.41, 5.74) is 4.53. The molecule has 0 saturated carbocycles. The van der Waals surface area contributed by atoms with E-state index in [0.717, 1.165) is 11.8 Å². The molecule has 0 spiro atoms. The number of carbonyl (C=O) groups excluding carboxylic acids is 3. The van der Waals surface area contributed by atoms with Crippen LogP contribution in [-0.4, -0.2) is 59.6 Å². The van der Waals surface area contributed by atoms with Crippen molar-refractivity contribution in [2.45, 2.75) is 87.3 Å². The molecule has 1 aliphatic heterocycles. The number of halogens is 1. The molecule has 3 rings (SSSR count). The molecule has 1 aliphatic rings. The van der Waals surface area contributed by atoms with E-state index >= 15 is 0 Å². The standard InChI is InChI=1S/C13H23N3O4.C10H8ClNO2.3C2H6/c1-8-5-6-16(10(8)11(14)18)9(17)7-15-12(19)20-13(2,3)4;1-14-9-5-12-10(13)8-4-6(11)2-3-7(8)9;3*1-2/h8,10H,5-7H2,1-4H3,(H2,14,18)(H,15,19);2-5H,1H3,(H,12,13);3*1-2H3. The van der Waals surface area contributed by atoms with Gasteiger partial charge in [-0.25, -0.2) is 4.79 Å². The summed E-state index contributed by atoms with van der Waals surface area (Å²) < 4.78 is 10.1. The van der Waals surface area contributed by atoms with Gasteiger partial charge in [0.05, 0.1) is 12.5 Å². The van der Waals surface area contributed by atoms with E-state index in [1.807, 2.05) is 48.5 Å². The first-order valence-corrected chi connectivity index (χ1v) is 14.1. The predicted molar refractivity (Wildman–Crippen MR) is 163 cm³/mol. The highest BCUT2D eigenvalue weighted by Gasteiger charge is 2.38. The lowest BCUT2D eigenvalue weighted by Gasteiger charge is -2.25. The molecule has 0 bridgehead atoms. The number of ether oxygens (including phenoxy) is 2. The van der Waals surface area contributed by atoms with Crippen molar-refractivity contribution in [1.29, 1.82) is 0 Å². The van der Waals surface area contributed by atoms with Crippen LogP contribution in [0.4, 0.5) is 4.79 Å². The summed E-state index contributed by atoms with van der Waals surface area (Å²) in [6.45, 7) is 19.4. The minimum Gasteiger partial charge on any atom is -0.495 e. The van der Waals surface area contributed by atoms with Crippen LogP contribution < -0.4 is 21.3 Å². The molecule has 2 atom stereocenters. The van der Waals surface area contributed by atoms with Crippen molar-refractivity contribution in [1.82, 2.24) is 15.2 Å². The lowest BCUT2D eigenvalue weighted by Crippen LogP contribution is -2.49. The van der Waals surface area contributed by atoms with Gasteiger partial charge in [0, 0.05) is 23.2 Å². The Bertz CT molecular complexity index is 1110. The van der Waals surface area contributed by atoms with Crippen LogP contribution in [0.3, 0.4) is 0 Å². The van der Waals surface area contributed by atoms with Crippen LogP contribution in [0.15, 0.2) is 29.2 Å². The third-order valence-electron chi connectivity index (χ3n) is 5.14. The molecule has 4 N–H and O–H groups in total. The summed E-state index contributed by atoms with van der Waals surface area (Å²) in [6.07, 6.45) is 1.61. The number of aromatic amines is 1. The molecule has 3 amide bonds. The smallest absolute Gasteiger partial charge is 0.408 e. The maximum atomic E-state index is 12.0. The van der Waals surface area contributed by atoms with E-state index in [9.17, 15) is 19.2 Å². The number of likely N-dealkylation sites (tertiary alicyclic amines) is 1. The average molecular weight is 585 g/mol. The molecule has 11 heteroatoms. The quantitative estimate of drug-likeness (QED) is 0.433. The van der Waals surface area contributed by atoms with Gasteiger partial charge in [-0.3, -0.25) is 14.4 Å². The second-order valence-corrected chi connectivity index (χ2v) is 9.37. The molecular weight excluding hydrogens is 536 g/mol. The van der Waals surface area contributed by atoms with Crippen molar-refractivity contribution >= 4 is 40.3 Å². The maximum Gasteiger partial charge on any atom is 0.408 e. The molecule has 1 aromatic carbocycles. The molecule has 2 unspecified atom stereocenters. The number of nitrogens with two attached hydrogens (primary N) is 1. The van der Waals surface area contributed by atoms with Gasteiger partial charge < -0.3 is 30.4 Å². The first kappa shape index (κ1) is 38.9. The first-order chi connectivity index (χ1) is 18.8. The summed E-state index contributed by atoms with van der Waals surface area (Å²) in [5.74, 6) is -0.168. The number of aromatic nitrogens is 1. The number of carbonyl (C=O) groups is 3. The maximum absolute atomic E-state index is 12.0. The fourth-order valence-electron chi connectivity index (χ4n) is 3.60. The van der Waals surface area contributed by atoms with Crippen LogP contribution in [0.5, 0.6) is 5.75 Å². The third-order valence-corrected chi connectivity index (χ3v) is 5.38. The monoisotopic (exact) mass is 584 g/mol. The van der Waals surface area contributed by atoms with Gasteiger partial charge in [0.2, 0.25) is 11.8 Å². The second-order valence-electron chi connectivity index (χ2n) is 8.93. The Balaban J connectivity index is 0. The van der Waals surface area contributed by atoms with E-state index < -0.39 is 23.6 Å². The molecule has 0 aliphatic carbocycles. The van der Waals surface area contributed by atoms with Crippen molar-refractivity contribution in [3.05, 3.63) is 39.8 Å². The minimum absolute atomic E-state index is 0.0398. The number of amides is 3. The molecule has 2 aromatic rings. The fourth-order valence-corrected chi connectivity index (χ4v) is 3.77. The Labute approximate surface area is 243 Å². The van der Waals surface area contributed by atoms with Gasteiger partial charge in [0.15, 0.2) is 0 Å². The summed E-state index contributed by atoms with van der Waals surface area (Å²) >= 11 is 5.79. The second kappa shape index (κ2) is 19.7. The molecule has 2 heterocycles. The number of alkyl carbamates (subject to hydrolysis) is 1. The molecule has 228 valence electrons. The minimum atomic E-state index is -0.659. The zero-order valence-electron chi connectivity index (χ0n) is 25.9. The molecule has 1 saturated heterocycles. The van der Waals surface area contributed by atoms with Gasteiger partial charge in [-0.2, -0.15) is 0 Å². The highest BCUT2D eigenvalue weighted by molar-refractivity contribution is 6.31. The van der Waals surface area contributed by atoms with E-state index in [1.54, 1.807) is 52.3 Å². The average Bonchev–Trinajstić information content (AvgIpc) is 3.32. The highest BCUT2D eigenvalue weighted by Crippen LogP contribution is 2.24. The van der Waals surface area contributed by atoms with Crippen molar-refractivity contribution in [2.75, 3.05) is 20.2 Å². The lowest BCUT2D eigenvalue weighted by atomic mass is 10.0. The Morgan fingerprint density at radius 2 is 1.68 bits per heavy atom. The fraction of sp³-hybridized carbons (Fsp3) is 0.586. The van der Waals surface area contributed by atoms with Gasteiger partial charge >= 0.3 is 6.09 Å². The molecular formula is C29H49ClN4O6. The molecule has 10 nitrogen and oxygen atoms in total. The van der Waals surface area contributed by atoms with Crippen LogP contribution in [0.25, 0.3) is 10.8 Å². The number of rotatable bonds is 4. The summed E-state index contributed by atoms with van der Waals surface area (Å²) in [6, 6.07) is 4.53. The third kappa shape index (κ3) is 12.7. The molecule has 1 aromatic heterocycles. The lowest BCUT2D eigenvalue weighted by molar-refractivity contribution is -0.137. The van der Waals surface area contributed by atoms with Crippen LogP contribution in [0.1, 0.15) is 75.7 Å². The number of methoxy groups -OCH3 is 1. The number of nitrogens with one attached hydrogen (secondary N) is 2. The topological polar surface area (TPSA) is 144 Å². The summed E-state index contributed by atoms with van der Waals surface area (Å²) in [5, 5.41) is 4.23. The van der Waals surface area contributed by atoms with Crippen LogP contribution in [0, 0.1) is 5.92 Å². The largest absolute Gasteiger partial charge is 0.495 e. The summed E-state index contributed by atoms with van der Waals surface area (Å²) in [4.78, 5) is 50.3. The van der Waals surface area contributed by atoms with Crippen molar-refractivity contribution in [3.8, 4) is 5.75 Å².